The summed E-state index contributed by atoms with van der Waals surface area (Å²) in [5, 5.41) is 11.1. The Morgan fingerprint density at radius 1 is 1.08 bits per heavy atom. The molecule has 0 N–H and O–H groups in total. The van der Waals surface area contributed by atoms with Gasteiger partial charge in [-0.25, -0.2) is 4.39 Å². The smallest absolute Gasteiger partial charge is 0.283 e. The number of nitro groups is 1. The molecule has 128 valence electrons. The van der Waals surface area contributed by atoms with E-state index in [1.165, 1.54) is 6.07 Å². The van der Waals surface area contributed by atoms with Crippen LogP contribution in [0, 0.1) is 15.9 Å². The Morgan fingerprint density at radius 2 is 1.88 bits per heavy atom. The van der Waals surface area contributed by atoms with Gasteiger partial charge in [-0.1, -0.05) is 24.3 Å². The summed E-state index contributed by atoms with van der Waals surface area (Å²) in [4.78, 5) is 22.9. The van der Waals surface area contributed by atoms with E-state index in [1.807, 2.05) is 18.2 Å². The number of fused-ring (bicyclic) bond motifs is 1. The number of allylic oxidation sites excluding steroid dienone is 1. The number of furan rings is 1. The highest BCUT2D eigenvalue weighted by atomic mass is 19.1. The number of ketones is 1. The molecular weight excluding hydrogens is 337 g/mol. The van der Waals surface area contributed by atoms with E-state index in [4.69, 9.17) is 4.42 Å². The molecule has 0 spiro atoms. The number of hydrogen-bond acceptors (Lipinski definition) is 4. The topological polar surface area (TPSA) is 73.3 Å². The van der Waals surface area contributed by atoms with Crippen molar-refractivity contribution in [1.82, 2.24) is 0 Å². The molecule has 0 bridgehead atoms. The zero-order valence-corrected chi connectivity index (χ0v) is 13.4. The van der Waals surface area contributed by atoms with Gasteiger partial charge in [-0.3, -0.25) is 14.9 Å². The number of rotatable bonds is 3. The van der Waals surface area contributed by atoms with Crippen LogP contribution >= 0.6 is 0 Å². The Morgan fingerprint density at radius 3 is 2.65 bits per heavy atom. The Labute approximate surface area is 147 Å². The lowest BCUT2D eigenvalue weighted by Crippen LogP contribution is -1.94. The molecule has 0 fully saturated rings. The van der Waals surface area contributed by atoms with Crippen LogP contribution in [0.4, 0.5) is 10.1 Å². The fourth-order valence-corrected chi connectivity index (χ4v) is 3.08. The molecule has 26 heavy (non-hydrogen) atoms. The van der Waals surface area contributed by atoms with Crippen molar-refractivity contribution in [2.45, 2.75) is 6.42 Å². The van der Waals surface area contributed by atoms with Crippen LogP contribution in [0.5, 0.6) is 0 Å². The number of nitrogens with zero attached hydrogens (tertiary/aromatic N) is 1. The fourth-order valence-electron chi connectivity index (χ4n) is 3.08. The molecule has 0 saturated carbocycles. The fraction of sp³-hybridized carbons (Fsp3) is 0.0500. The number of nitro benzene ring substituents is 1. The summed E-state index contributed by atoms with van der Waals surface area (Å²) in [7, 11) is 0. The molecule has 0 saturated heterocycles. The van der Waals surface area contributed by atoms with E-state index in [9.17, 15) is 19.3 Å². The normalized spacial score (nSPS) is 14.7. The third kappa shape index (κ3) is 2.71. The maximum atomic E-state index is 13.3. The second-order valence-corrected chi connectivity index (χ2v) is 5.95. The molecule has 1 heterocycles. The first-order chi connectivity index (χ1) is 12.5. The first-order valence-electron chi connectivity index (χ1n) is 7.90. The molecule has 0 amide bonds. The quantitative estimate of drug-likeness (QED) is 0.386. The van der Waals surface area contributed by atoms with E-state index in [0.717, 1.165) is 17.7 Å². The Kier molecular flexibility index (Phi) is 3.73. The largest absolute Gasteiger partial charge is 0.456 e. The van der Waals surface area contributed by atoms with E-state index in [-0.39, 0.29) is 22.8 Å². The number of benzene rings is 2. The zero-order valence-electron chi connectivity index (χ0n) is 13.4. The molecule has 1 aliphatic carbocycles. The van der Waals surface area contributed by atoms with Crippen LogP contribution in [0.25, 0.3) is 17.4 Å². The molecule has 3 aromatic rings. The SMILES string of the molecule is O=C1C(=Cc2ccc(-c3ccc(F)cc3[N+](=O)[O-])o2)Cc2ccccc21. The monoisotopic (exact) mass is 349 g/mol. The Bertz CT molecular complexity index is 1080. The lowest BCUT2D eigenvalue weighted by atomic mass is 10.1. The number of carbonyl (C=O) groups is 1. The van der Waals surface area contributed by atoms with Gasteiger partial charge in [0.05, 0.1) is 16.6 Å². The Balaban J connectivity index is 1.69. The van der Waals surface area contributed by atoms with E-state index >= 15 is 0 Å². The van der Waals surface area contributed by atoms with Crippen LogP contribution in [-0.2, 0) is 6.42 Å². The van der Waals surface area contributed by atoms with Gasteiger partial charge in [-0.15, -0.1) is 0 Å². The lowest BCUT2D eigenvalue weighted by Gasteiger charge is -2.00. The number of halogens is 1. The predicted octanol–water partition coefficient (Wildman–Crippen LogP) is 4.82. The lowest BCUT2D eigenvalue weighted by molar-refractivity contribution is -0.384. The minimum atomic E-state index is -0.691. The van der Waals surface area contributed by atoms with Crippen molar-refractivity contribution in [2.75, 3.05) is 0 Å². The van der Waals surface area contributed by atoms with Gasteiger partial charge < -0.3 is 4.42 Å². The average Bonchev–Trinajstić information content (AvgIpc) is 3.21. The standard InChI is InChI=1S/C20H12FNO4/c21-14-5-7-17(18(11-14)22(24)25)19-8-6-15(26-19)10-13-9-12-3-1-2-4-16(12)20(13)23/h1-8,10-11H,9H2. The molecule has 4 rings (SSSR count). The van der Waals surface area contributed by atoms with Crippen molar-refractivity contribution in [2.24, 2.45) is 0 Å². The van der Waals surface area contributed by atoms with Gasteiger partial charge in [0.15, 0.2) is 5.78 Å². The molecule has 0 radical (unpaired) electrons. The molecule has 5 nitrogen and oxygen atoms in total. The molecule has 1 aromatic heterocycles. The summed E-state index contributed by atoms with van der Waals surface area (Å²) < 4.78 is 18.9. The molecule has 2 aromatic carbocycles. The second-order valence-electron chi connectivity index (χ2n) is 5.95. The summed E-state index contributed by atoms with van der Waals surface area (Å²) in [6.45, 7) is 0. The number of hydrogen-bond donors (Lipinski definition) is 0. The van der Waals surface area contributed by atoms with Crippen LogP contribution in [0.2, 0.25) is 0 Å². The third-order valence-electron chi connectivity index (χ3n) is 4.30. The molecule has 0 aliphatic heterocycles. The maximum Gasteiger partial charge on any atom is 0.283 e. The first kappa shape index (κ1) is 16.0. The summed E-state index contributed by atoms with van der Waals surface area (Å²) in [6.07, 6.45) is 2.16. The van der Waals surface area contributed by atoms with Crippen LogP contribution in [-0.4, -0.2) is 10.7 Å². The summed E-state index contributed by atoms with van der Waals surface area (Å²) in [5.74, 6) is -0.0868. The molecule has 6 heteroatoms. The van der Waals surface area contributed by atoms with Gasteiger partial charge >= 0.3 is 0 Å². The van der Waals surface area contributed by atoms with Crippen molar-refractivity contribution < 1.29 is 18.5 Å². The second kappa shape index (κ2) is 6.07. The van der Waals surface area contributed by atoms with Gasteiger partial charge in [-0.2, -0.15) is 0 Å². The van der Waals surface area contributed by atoms with E-state index in [2.05, 4.69) is 0 Å². The van der Waals surface area contributed by atoms with Crippen molar-refractivity contribution in [3.05, 3.63) is 93.0 Å². The van der Waals surface area contributed by atoms with Gasteiger partial charge in [0.2, 0.25) is 0 Å². The van der Waals surface area contributed by atoms with Crippen LogP contribution in [0.3, 0.4) is 0 Å². The predicted molar refractivity (Wildman–Crippen MR) is 93.2 cm³/mol. The summed E-state index contributed by atoms with van der Waals surface area (Å²) >= 11 is 0. The maximum absolute atomic E-state index is 13.3. The summed E-state index contributed by atoms with van der Waals surface area (Å²) in [6, 6.07) is 13.9. The van der Waals surface area contributed by atoms with Gasteiger partial charge in [0, 0.05) is 17.6 Å². The molecule has 0 atom stereocenters. The highest BCUT2D eigenvalue weighted by molar-refractivity contribution is 6.15. The van der Waals surface area contributed by atoms with Crippen molar-refractivity contribution in [3.63, 3.8) is 0 Å². The molecular formula is C20H12FNO4. The molecule has 1 aliphatic rings. The van der Waals surface area contributed by atoms with Gasteiger partial charge in [0.25, 0.3) is 5.69 Å². The average molecular weight is 349 g/mol. The zero-order chi connectivity index (χ0) is 18.3. The number of carbonyl (C=O) groups excluding carboxylic acids is 1. The highest BCUT2D eigenvalue weighted by Gasteiger charge is 2.25. The number of Topliss-reactive ketones (excluding diaryl/α,β-unsaturated/α-hetero) is 1. The van der Waals surface area contributed by atoms with E-state index in [0.29, 0.717) is 23.3 Å². The molecule has 0 unspecified atom stereocenters. The first-order valence-corrected chi connectivity index (χ1v) is 7.90. The summed E-state index contributed by atoms with van der Waals surface area (Å²) in [5.41, 5.74) is 2.05. The van der Waals surface area contributed by atoms with Gasteiger partial charge in [-0.05, 0) is 35.9 Å². The van der Waals surface area contributed by atoms with Crippen LogP contribution in [0.15, 0.2) is 64.6 Å². The van der Waals surface area contributed by atoms with Gasteiger partial charge in [0.1, 0.15) is 17.3 Å². The van der Waals surface area contributed by atoms with E-state index in [1.54, 1.807) is 24.3 Å². The third-order valence-corrected chi connectivity index (χ3v) is 4.30. The van der Waals surface area contributed by atoms with Crippen LogP contribution < -0.4 is 0 Å². The minimum absolute atomic E-state index is 0.0497. The minimum Gasteiger partial charge on any atom is -0.456 e. The van der Waals surface area contributed by atoms with Crippen molar-refractivity contribution in [3.8, 4) is 11.3 Å². The highest BCUT2D eigenvalue weighted by Crippen LogP contribution is 2.33. The van der Waals surface area contributed by atoms with Crippen molar-refractivity contribution >= 4 is 17.5 Å². The van der Waals surface area contributed by atoms with Crippen LogP contribution in [0.1, 0.15) is 21.7 Å². The van der Waals surface area contributed by atoms with Crippen molar-refractivity contribution in [1.29, 1.82) is 0 Å². The van der Waals surface area contributed by atoms with E-state index < -0.39 is 10.7 Å². The Hall–Kier alpha value is -3.54.